The Morgan fingerprint density at radius 1 is 1.14 bits per heavy atom. The molecule has 2 aromatic carbocycles. The largest absolute Gasteiger partial charge is 0.348 e. The average molecular weight is 418 g/mol. The molecule has 1 fully saturated rings. The first kappa shape index (κ1) is 19.0. The second-order valence-corrected chi connectivity index (χ2v) is 8.95. The minimum absolute atomic E-state index is 0.0913. The van der Waals surface area contributed by atoms with Gasteiger partial charge in [0.1, 0.15) is 10.7 Å². The van der Waals surface area contributed by atoms with E-state index in [0.29, 0.717) is 29.5 Å². The summed E-state index contributed by atoms with van der Waals surface area (Å²) < 4.78 is 29.4. The third-order valence-corrected chi connectivity index (χ3v) is 6.52. The highest BCUT2D eigenvalue weighted by molar-refractivity contribution is 7.90. The fraction of sp³-hybridized carbons (Fsp3) is 0.300. The number of amidine groups is 1. The van der Waals surface area contributed by atoms with E-state index in [1.165, 1.54) is 6.07 Å². The Hall–Kier alpha value is -2.38. The standard InChI is InChI=1S/C20H20ClN3O3S/c21-16-6-4-5-14(11-16)13-22-20(25)15-8-9-17-18(12-15)28(26,27)23-19-7-2-1-3-10-24(17)19/h4-6,8-9,11-12H,1-3,7,10,13H2,(H,22,25). The normalized spacial score (nSPS) is 17.8. The van der Waals surface area contributed by atoms with Crippen molar-refractivity contribution in [3.05, 3.63) is 58.6 Å². The molecule has 2 aromatic rings. The van der Waals surface area contributed by atoms with E-state index < -0.39 is 10.0 Å². The highest BCUT2D eigenvalue weighted by Gasteiger charge is 2.32. The molecule has 0 bridgehead atoms. The minimum Gasteiger partial charge on any atom is -0.348 e. The Morgan fingerprint density at radius 3 is 2.82 bits per heavy atom. The zero-order valence-corrected chi connectivity index (χ0v) is 16.8. The van der Waals surface area contributed by atoms with Crippen LogP contribution in [0.4, 0.5) is 5.69 Å². The van der Waals surface area contributed by atoms with Crippen LogP contribution in [0.1, 0.15) is 41.6 Å². The molecule has 8 heteroatoms. The van der Waals surface area contributed by atoms with Crippen molar-refractivity contribution < 1.29 is 13.2 Å². The maximum Gasteiger partial charge on any atom is 0.286 e. The van der Waals surface area contributed by atoms with Crippen molar-refractivity contribution in [2.45, 2.75) is 37.1 Å². The van der Waals surface area contributed by atoms with Crippen LogP contribution in [0.3, 0.4) is 0 Å². The van der Waals surface area contributed by atoms with Crippen molar-refractivity contribution in [1.82, 2.24) is 5.32 Å². The number of fused-ring (bicyclic) bond motifs is 3. The number of rotatable bonds is 3. The van der Waals surface area contributed by atoms with E-state index >= 15 is 0 Å². The van der Waals surface area contributed by atoms with E-state index in [2.05, 4.69) is 9.71 Å². The van der Waals surface area contributed by atoms with Gasteiger partial charge in [-0.1, -0.05) is 30.2 Å². The van der Waals surface area contributed by atoms with Crippen LogP contribution in [0.5, 0.6) is 0 Å². The van der Waals surface area contributed by atoms with E-state index in [-0.39, 0.29) is 16.4 Å². The number of nitrogens with one attached hydrogen (secondary N) is 1. The first-order chi connectivity index (χ1) is 13.4. The zero-order chi connectivity index (χ0) is 19.7. The van der Waals surface area contributed by atoms with Crippen LogP contribution in [0.15, 0.2) is 51.8 Å². The van der Waals surface area contributed by atoms with Crippen LogP contribution in [-0.4, -0.2) is 26.7 Å². The predicted molar refractivity (Wildman–Crippen MR) is 109 cm³/mol. The molecule has 0 aliphatic carbocycles. The summed E-state index contributed by atoms with van der Waals surface area (Å²) in [6.07, 6.45) is 3.62. The van der Waals surface area contributed by atoms with Gasteiger partial charge >= 0.3 is 0 Å². The third kappa shape index (κ3) is 3.77. The van der Waals surface area contributed by atoms with Crippen LogP contribution in [-0.2, 0) is 16.6 Å². The number of carbonyl (C=O) groups is 1. The van der Waals surface area contributed by atoms with E-state index in [0.717, 1.165) is 31.4 Å². The summed E-state index contributed by atoms with van der Waals surface area (Å²) >= 11 is 5.96. The molecule has 0 unspecified atom stereocenters. The van der Waals surface area contributed by atoms with E-state index in [1.807, 2.05) is 17.0 Å². The number of hydrogen-bond acceptors (Lipinski definition) is 4. The van der Waals surface area contributed by atoms with Gasteiger partial charge in [0.2, 0.25) is 0 Å². The lowest BCUT2D eigenvalue weighted by molar-refractivity contribution is 0.0950. The molecule has 1 saturated heterocycles. The first-order valence-corrected chi connectivity index (χ1v) is 11.0. The highest BCUT2D eigenvalue weighted by atomic mass is 35.5. The van der Waals surface area contributed by atoms with Crippen LogP contribution in [0.25, 0.3) is 0 Å². The van der Waals surface area contributed by atoms with Crippen molar-refractivity contribution in [3.63, 3.8) is 0 Å². The van der Waals surface area contributed by atoms with Crippen molar-refractivity contribution >= 4 is 39.1 Å². The lowest BCUT2D eigenvalue weighted by atomic mass is 10.1. The van der Waals surface area contributed by atoms with Gasteiger partial charge in [0.25, 0.3) is 15.9 Å². The summed E-state index contributed by atoms with van der Waals surface area (Å²) in [5.74, 6) is 0.256. The smallest absolute Gasteiger partial charge is 0.286 e. The topological polar surface area (TPSA) is 78.8 Å². The monoisotopic (exact) mass is 417 g/mol. The Bertz CT molecular complexity index is 1070. The maximum absolute atomic E-state index is 12.7. The SMILES string of the molecule is O=C(NCc1cccc(Cl)c1)c1ccc2c(c1)S(=O)(=O)N=C1CCCCCN12. The van der Waals surface area contributed by atoms with E-state index in [1.54, 1.807) is 24.3 Å². The maximum atomic E-state index is 12.7. The second-order valence-electron chi connectivity index (χ2n) is 6.94. The zero-order valence-electron chi connectivity index (χ0n) is 15.2. The Balaban J connectivity index is 1.60. The van der Waals surface area contributed by atoms with Gasteiger partial charge in [0.15, 0.2) is 0 Å². The van der Waals surface area contributed by atoms with Crippen LogP contribution < -0.4 is 10.2 Å². The predicted octanol–water partition coefficient (Wildman–Crippen LogP) is 3.75. The summed E-state index contributed by atoms with van der Waals surface area (Å²) in [7, 11) is -3.81. The Kier molecular flexibility index (Phi) is 5.12. The Morgan fingerprint density at radius 2 is 2.00 bits per heavy atom. The fourth-order valence-corrected chi connectivity index (χ4v) is 5.05. The molecule has 1 amide bonds. The molecule has 0 atom stereocenters. The van der Waals surface area contributed by atoms with Crippen molar-refractivity contribution in [2.75, 3.05) is 11.4 Å². The first-order valence-electron chi connectivity index (χ1n) is 9.22. The highest BCUT2D eigenvalue weighted by Crippen LogP contribution is 2.35. The van der Waals surface area contributed by atoms with Crippen molar-refractivity contribution in [2.24, 2.45) is 4.40 Å². The van der Waals surface area contributed by atoms with Crippen LogP contribution >= 0.6 is 11.6 Å². The number of hydrogen-bond donors (Lipinski definition) is 1. The molecule has 2 heterocycles. The molecule has 1 N–H and O–H groups in total. The van der Waals surface area contributed by atoms with Crippen molar-refractivity contribution in [1.29, 1.82) is 0 Å². The number of benzene rings is 2. The number of amides is 1. The van der Waals surface area contributed by atoms with Gasteiger partial charge in [-0.2, -0.15) is 8.42 Å². The molecule has 2 aliphatic heterocycles. The lowest BCUT2D eigenvalue weighted by Gasteiger charge is -2.29. The van der Waals surface area contributed by atoms with Gasteiger partial charge in [-0.3, -0.25) is 4.79 Å². The molecule has 4 rings (SSSR count). The van der Waals surface area contributed by atoms with Gasteiger partial charge < -0.3 is 10.2 Å². The van der Waals surface area contributed by atoms with Gasteiger partial charge in [-0.15, -0.1) is 4.40 Å². The number of nitrogens with zero attached hydrogens (tertiary/aromatic N) is 2. The van der Waals surface area contributed by atoms with Gasteiger partial charge in [-0.25, -0.2) is 0 Å². The molecule has 0 saturated carbocycles. The summed E-state index contributed by atoms with van der Waals surface area (Å²) in [4.78, 5) is 14.6. The number of anilines is 1. The third-order valence-electron chi connectivity index (χ3n) is 4.95. The minimum atomic E-state index is -3.81. The van der Waals surface area contributed by atoms with Gasteiger partial charge in [0.05, 0.1) is 5.69 Å². The van der Waals surface area contributed by atoms with Crippen LogP contribution in [0, 0.1) is 0 Å². The van der Waals surface area contributed by atoms with Gasteiger partial charge in [-0.05, 0) is 48.7 Å². The van der Waals surface area contributed by atoms with E-state index in [4.69, 9.17) is 11.6 Å². The molecular weight excluding hydrogens is 398 g/mol. The number of halogens is 1. The van der Waals surface area contributed by atoms with Crippen molar-refractivity contribution in [3.8, 4) is 0 Å². The summed E-state index contributed by atoms with van der Waals surface area (Å²) in [6, 6.07) is 12.0. The lowest BCUT2D eigenvalue weighted by Crippen LogP contribution is -2.35. The van der Waals surface area contributed by atoms with Gasteiger partial charge in [0, 0.05) is 30.1 Å². The summed E-state index contributed by atoms with van der Waals surface area (Å²) in [5, 5.41) is 3.40. The van der Waals surface area contributed by atoms with Crippen LogP contribution in [0.2, 0.25) is 5.02 Å². The average Bonchev–Trinajstić information content (AvgIpc) is 2.91. The number of carbonyl (C=O) groups excluding carboxylic acids is 1. The molecule has 146 valence electrons. The Labute approximate surface area is 169 Å². The molecule has 6 nitrogen and oxygen atoms in total. The fourth-order valence-electron chi connectivity index (χ4n) is 3.55. The number of sulfonamides is 1. The molecule has 0 aromatic heterocycles. The summed E-state index contributed by atoms with van der Waals surface area (Å²) in [6.45, 7) is 1.04. The molecule has 0 spiro atoms. The van der Waals surface area contributed by atoms with E-state index in [9.17, 15) is 13.2 Å². The second kappa shape index (κ2) is 7.56. The quantitative estimate of drug-likeness (QED) is 0.824. The molecule has 2 aliphatic rings. The molecule has 0 radical (unpaired) electrons. The molecule has 28 heavy (non-hydrogen) atoms. The molecular formula is C20H20ClN3O3S. The summed E-state index contributed by atoms with van der Waals surface area (Å²) in [5.41, 5.74) is 1.77.